The van der Waals surface area contributed by atoms with E-state index in [1.807, 2.05) is 18.8 Å². The van der Waals surface area contributed by atoms with Crippen LogP contribution in [0, 0.1) is 0 Å². The van der Waals surface area contributed by atoms with Crippen LogP contribution in [0.2, 0.25) is 0 Å². The zero-order valence-corrected chi connectivity index (χ0v) is 6.04. The van der Waals surface area contributed by atoms with Gasteiger partial charge in [-0.15, -0.1) is 0 Å². The van der Waals surface area contributed by atoms with E-state index in [4.69, 9.17) is 15.7 Å². The van der Waals surface area contributed by atoms with E-state index in [0.29, 0.717) is 6.67 Å². The molecular formula is C4H10B3N2. The molecule has 0 saturated carbocycles. The fourth-order valence-corrected chi connectivity index (χ4v) is 0.434. The van der Waals surface area contributed by atoms with Gasteiger partial charge in [0.25, 0.3) is 0 Å². The predicted octanol–water partition coefficient (Wildman–Crippen LogP) is -1.02. The largest absolute Gasteiger partial charge is 0.348 e. The molecule has 0 saturated heterocycles. The van der Waals surface area contributed by atoms with E-state index in [1.165, 1.54) is 7.31 Å². The minimum Gasteiger partial charge on any atom is -0.348 e. The van der Waals surface area contributed by atoms with Gasteiger partial charge in [-0.25, -0.2) is 0 Å². The van der Waals surface area contributed by atoms with E-state index < -0.39 is 0 Å². The van der Waals surface area contributed by atoms with Crippen molar-refractivity contribution >= 4 is 23.0 Å². The monoisotopic (exact) mass is 119 g/mol. The van der Waals surface area contributed by atoms with E-state index in [9.17, 15) is 0 Å². The first-order valence-electron chi connectivity index (χ1n) is 2.95. The number of hydrogen-bond acceptors (Lipinski definition) is 2. The maximum absolute atomic E-state index is 5.47. The first kappa shape index (κ1) is 9.11. The van der Waals surface area contributed by atoms with Crippen LogP contribution in [-0.4, -0.2) is 52.9 Å². The summed E-state index contributed by atoms with van der Waals surface area (Å²) < 4.78 is 0. The molecule has 0 amide bonds. The Morgan fingerprint density at radius 3 is 2.44 bits per heavy atom. The van der Waals surface area contributed by atoms with Crippen LogP contribution in [0.15, 0.2) is 0 Å². The molecule has 0 heterocycles. The third-order valence-electron chi connectivity index (χ3n) is 1.07. The summed E-state index contributed by atoms with van der Waals surface area (Å²) in [6.45, 7) is 3.50. The highest BCUT2D eigenvalue weighted by Gasteiger charge is 1.96. The first-order valence-corrected chi connectivity index (χ1v) is 2.95. The molecule has 0 fully saturated rings. The number of nitrogens with zero attached hydrogens (tertiary/aromatic N) is 2. The molecule has 0 unspecified atom stereocenters. The van der Waals surface area contributed by atoms with Crippen LogP contribution in [0.5, 0.6) is 0 Å². The summed E-state index contributed by atoms with van der Waals surface area (Å²) in [6.07, 6.45) is 0. The summed E-state index contributed by atoms with van der Waals surface area (Å²) in [5, 5.41) is 0. The number of hydrogen-bond donors (Lipinski definition) is 0. The molecule has 9 heavy (non-hydrogen) atoms. The smallest absolute Gasteiger partial charge is 0.184 e. The Labute approximate surface area is 60.7 Å². The molecule has 0 aliphatic heterocycles. The Kier molecular flexibility index (Phi) is 5.01. The van der Waals surface area contributed by atoms with Crippen molar-refractivity contribution in [1.29, 1.82) is 0 Å². The molecule has 0 rings (SSSR count). The molecule has 0 bridgehead atoms. The highest BCUT2D eigenvalue weighted by atomic mass is 15.2. The van der Waals surface area contributed by atoms with Crippen LogP contribution in [-0.2, 0) is 0 Å². The zero-order chi connectivity index (χ0) is 7.28. The average molecular weight is 119 g/mol. The first-order chi connectivity index (χ1) is 4.20. The van der Waals surface area contributed by atoms with Gasteiger partial charge in [-0.05, 0) is 13.6 Å². The molecule has 0 aromatic rings. The Morgan fingerprint density at radius 1 is 1.56 bits per heavy atom. The number of rotatable bonds is 4. The van der Waals surface area contributed by atoms with Gasteiger partial charge in [0, 0.05) is 14.4 Å². The van der Waals surface area contributed by atoms with E-state index in [1.54, 1.807) is 4.81 Å². The van der Waals surface area contributed by atoms with Crippen LogP contribution in [0.4, 0.5) is 0 Å². The van der Waals surface area contributed by atoms with Gasteiger partial charge in [0.05, 0.1) is 0 Å². The Bertz CT molecular complexity index is 62.8. The van der Waals surface area contributed by atoms with Gasteiger partial charge in [-0.1, -0.05) is 6.92 Å². The molecule has 5 heteroatoms. The second-order valence-corrected chi connectivity index (χ2v) is 1.95. The second-order valence-electron chi connectivity index (χ2n) is 1.95. The van der Waals surface area contributed by atoms with Crippen molar-refractivity contribution < 1.29 is 0 Å². The third-order valence-corrected chi connectivity index (χ3v) is 1.07. The summed E-state index contributed by atoms with van der Waals surface area (Å²) in [5.74, 6) is 0. The van der Waals surface area contributed by atoms with Gasteiger partial charge in [-0.2, -0.15) is 0 Å². The Balaban J connectivity index is 3.22. The van der Waals surface area contributed by atoms with Crippen molar-refractivity contribution in [2.75, 3.05) is 20.3 Å². The molecule has 0 N–H and O–H groups in total. The minimum absolute atomic E-state index is 0.674. The van der Waals surface area contributed by atoms with E-state index in [-0.39, 0.29) is 0 Å². The second kappa shape index (κ2) is 4.94. The summed E-state index contributed by atoms with van der Waals surface area (Å²) in [6, 6.07) is 0. The molecule has 0 atom stereocenters. The molecule has 45 valence electrons. The van der Waals surface area contributed by atoms with Crippen molar-refractivity contribution in [3.05, 3.63) is 0 Å². The summed E-state index contributed by atoms with van der Waals surface area (Å²) >= 11 is 0. The van der Waals surface area contributed by atoms with E-state index >= 15 is 0 Å². The fraction of sp³-hybridized carbons (Fsp3) is 1.00. The zero-order valence-electron chi connectivity index (χ0n) is 6.04. The minimum atomic E-state index is 0.674. The Hall–Kier alpha value is 0.115. The topological polar surface area (TPSA) is 6.48 Å². The van der Waals surface area contributed by atoms with Gasteiger partial charge in [0.1, 0.15) is 7.31 Å². The lowest BCUT2D eigenvalue weighted by Crippen LogP contribution is -2.36. The molecule has 0 spiro atoms. The summed E-state index contributed by atoms with van der Waals surface area (Å²) in [4.78, 5) is 3.48. The van der Waals surface area contributed by atoms with Crippen LogP contribution in [0.1, 0.15) is 6.92 Å². The SMILES string of the molecule is [B][B]N(C)CN([B])CC. The highest BCUT2D eigenvalue weighted by Crippen LogP contribution is 1.81. The quantitative estimate of drug-likeness (QED) is 0.345. The predicted molar refractivity (Wildman–Crippen MR) is 42.3 cm³/mol. The van der Waals surface area contributed by atoms with E-state index in [2.05, 4.69) is 0 Å². The van der Waals surface area contributed by atoms with Gasteiger partial charge >= 0.3 is 0 Å². The summed E-state index contributed by atoms with van der Waals surface area (Å²) in [7, 11) is 14.0. The third kappa shape index (κ3) is 4.61. The van der Waals surface area contributed by atoms with Crippen LogP contribution in [0.3, 0.4) is 0 Å². The van der Waals surface area contributed by atoms with Crippen LogP contribution >= 0.6 is 0 Å². The molecular weight excluding hydrogens is 108 g/mol. The Morgan fingerprint density at radius 2 is 2.11 bits per heavy atom. The maximum Gasteiger partial charge on any atom is 0.184 e. The normalized spacial score (nSPS) is 10.7. The lowest BCUT2D eigenvalue weighted by molar-refractivity contribution is 0.351. The van der Waals surface area contributed by atoms with Crippen LogP contribution < -0.4 is 0 Å². The molecule has 5 radical (unpaired) electrons. The molecule has 0 aromatic carbocycles. The van der Waals surface area contributed by atoms with Crippen molar-refractivity contribution in [2.24, 2.45) is 0 Å². The standard InChI is InChI=1S/C4H10B3N2/c1-3-9(6)4-8(2)7-5/h3-4H2,1-2H3. The summed E-state index contributed by atoms with van der Waals surface area (Å²) in [5.41, 5.74) is 0. The van der Waals surface area contributed by atoms with E-state index in [0.717, 1.165) is 6.54 Å². The van der Waals surface area contributed by atoms with Gasteiger partial charge in [0.15, 0.2) is 7.98 Å². The fourth-order valence-electron chi connectivity index (χ4n) is 0.434. The highest BCUT2D eigenvalue weighted by molar-refractivity contribution is 6.87. The molecule has 2 nitrogen and oxygen atoms in total. The van der Waals surface area contributed by atoms with Crippen molar-refractivity contribution in [3.63, 3.8) is 0 Å². The van der Waals surface area contributed by atoms with Crippen LogP contribution in [0.25, 0.3) is 0 Å². The maximum atomic E-state index is 5.47. The lowest BCUT2D eigenvalue weighted by atomic mass is 9.66. The lowest BCUT2D eigenvalue weighted by Gasteiger charge is -2.22. The van der Waals surface area contributed by atoms with Gasteiger partial charge in [-0.3, -0.25) is 0 Å². The average Bonchev–Trinajstić information content (AvgIpc) is 1.87. The molecule has 0 aliphatic carbocycles. The van der Waals surface area contributed by atoms with Gasteiger partial charge in [0.2, 0.25) is 0 Å². The molecule has 0 aromatic heterocycles. The molecule has 0 aliphatic rings. The van der Waals surface area contributed by atoms with Crippen molar-refractivity contribution in [1.82, 2.24) is 9.62 Å². The van der Waals surface area contributed by atoms with Gasteiger partial charge < -0.3 is 9.62 Å². The van der Waals surface area contributed by atoms with Crippen molar-refractivity contribution in [3.8, 4) is 0 Å². The van der Waals surface area contributed by atoms with Crippen molar-refractivity contribution in [2.45, 2.75) is 6.92 Å².